The minimum Gasteiger partial charge on any atom is -0.338 e. The molecule has 116 valence electrons. The van der Waals surface area contributed by atoms with E-state index in [2.05, 4.69) is 9.71 Å². The van der Waals surface area contributed by atoms with E-state index in [0.29, 0.717) is 19.6 Å². The highest BCUT2D eigenvalue weighted by atomic mass is 32.2. The molecule has 21 heavy (non-hydrogen) atoms. The van der Waals surface area contributed by atoms with Crippen LogP contribution in [0.3, 0.4) is 0 Å². The number of piperidine rings is 1. The lowest BCUT2D eigenvalue weighted by Crippen LogP contribution is -2.43. The molecule has 8 heteroatoms. The Morgan fingerprint density at radius 1 is 1.57 bits per heavy atom. The van der Waals surface area contributed by atoms with E-state index in [1.807, 2.05) is 0 Å². The van der Waals surface area contributed by atoms with Crippen LogP contribution in [0.15, 0.2) is 18.3 Å². The normalized spacial score (nSPS) is 19.5. The maximum Gasteiger partial charge on any atom is 0.254 e. The number of aromatic nitrogens is 1. The van der Waals surface area contributed by atoms with Crippen molar-refractivity contribution in [3.05, 3.63) is 29.8 Å². The predicted octanol–water partition coefficient (Wildman–Crippen LogP) is 0.622. The molecule has 1 fully saturated rings. The number of hydrogen-bond donors (Lipinski definition) is 1. The minimum absolute atomic E-state index is 0.0732. The van der Waals surface area contributed by atoms with Gasteiger partial charge < -0.3 is 4.90 Å². The summed E-state index contributed by atoms with van der Waals surface area (Å²) in [4.78, 5) is 17.3. The summed E-state index contributed by atoms with van der Waals surface area (Å²) in [7, 11) is -3.23. The quantitative estimate of drug-likeness (QED) is 0.826. The van der Waals surface area contributed by atoms with Gasteiger partial charge in [-0.3, -0.25) is 4.79 Å². The molecule has 1 amide bonds. The summed E-state index contributed by atoms with van der Waals surface area (Å²) in [5.41, 5.74) is 0.263. The van der Waals surface area contributed by atoms with E-state index in [1.54, 1.807) is 4.90 Å². The van der Waals surface area contributed by atoms with Crippen molar-refractivity contribution in [3.8, 4) is 0 Å². The summed E-state index contributed by atoms with van der Waals surface area (Å²) >= 11 is 0. The number of nitrogens with zero attached hydrogens (tertiary/aromatic N) is 2. The Kier molecular flexibility index (Phi) is 4.89. The third-order valence-electron chi connectivity index (χ3n) is 3.41. The zero-order valence-electron chi connectivity index (χ0n) is 11.8. The molecule has 0 aromatic carbocycles. The Morgan fingerprint density at radius 2 is 2.33 bits per heavy atom. The molecular weight excluding hydrogens is 297 g/mol. The van der Waals surface area contributed by atoms with Gasteiger partial charge in [-0.1, -0.05) is 0 Å². The van der Waals surface area contributed by atoms with Crippen molar-refractivity contribution >= 4 is 15.9 Å². The van der Waals surface area contributed by atoms with E-state index in [4.69, 9.17) is 0 Å². The third kappa shape index (κ3) is 4.75. The summed E-state index contributed by atoms with van der Waals surface area (Å²) in [6.45, 7) is 1.37. The van der Waals surface area contributed by atoms with Crippen LogP contribution in [0.5, 0.6) is 0 Å². The van der Waals surface area contributed by atoms with Crippen molar-refractivity contribution < 1.29 is 17.6 Å². The number of carbonyl (C=O) groups is 1. The lowest BCUT2D eigenvalue weighted by atomic mass is 9.98. The molecule has 1 aromatic rings. The number of rotatable bonds is 4. The van der Waals surface area contributed by atoms with E-state index in [9.17, 15) is 17.6 Å². The number of halogens is 1. The third-order valence-corrected chi connectivity index (χ3v) is 4.10. The molecule has 1 aliphatic heterocycles. The predicted molar refractivity (Wildman–Crippen MR) is 75.7 cm³/mol. The van der Waals surface area contributed by atoms with Crippen molar-refractivity contribution in [2.75, 3.05) is 25.9 Å². The second kappa shape index (κ2) is 6.48. The van der Waals surface area contributed by atoms with Gasteiger partial charge in [0.2, 0.25) is 16.0 Å². The van der Waals surface area contributed by atoms with Crippen molar-refractivity contribution in [2.45, 2.75) is 12.8 Å². The SMILES string of the molecule is CS(=O)(=O)NCC1CCCN(C(=O)c2ccnc(F)c2)C1. The fraction of sp³-hybridized carbons (Fsp3) is 0.538. The molecule has 0 aliphatic carbocycles. The van der Waals surface area contributed by atoms with E-state index in [0.717, 1.165) is 25.2 Å². The molecule has 1 saturated heterocycles. The number of amides is 1. The molecule has 6 nitrogen and oxygen atoms in total. The molecule has 0 spiro atoms. The Balaban J connectivity index is 1.99. The smallest absolute Gasteiger partial charge is 0.254 e. The van der Waals surface area contributed by atoms with Gasteiger partial charge in [-0.25, -0.2) is 18.1 Å². The zero-order chi connectivity index (χ0) is 15.5. The molecule has 1 N–H and O–H groups in total. The molecule has 1 aromatic heterocycles. The molecule has 0 radical (unpaired) electrons. The van der Waals surface area contributed by atoms with E-state index < -0.39 is 16.0 Å². The molecule has 1 atom stereocenters. The maximum absolute atomic E-state index is 13.1. The summed E-state index contributed by atoms with van der Waals surface area (Å²) < 4.78 is 37.7. The number of nitrogens with one attached hydrogen (secondary N) is 1. The topological polar surface area (TPSA) is 79.4 Å². The first-order chi connectivity index (χ1) is 9.85. The summed E-state index contributed by atoms with van der Waals surface area (Å²) in [5.74, 6) is -0.863. The average molecular weight is 315 g/mol. The Morgan fingerprint density at radius 3 is 3.00 bits per heavy atom. The van der Waals surface area contributed by atoms with E-state index in [-0.39, 0.29) is 17.4 Å². The van der Waals surface area contributed by atoms with Crippen LogP contribution in [0.1, 0.15) is 23.2 Å². The monoisotopic (exact) mass is 315 g/mol. The lowest BCUT2D eigenvalue weighted by molar-refractivity contribution is 0.0675. The molecular formula is C13H18FN3O3S. The number of carbonyl (C=O) groups excluding carboxylic acids is 1. The number of sulfonamides is 1. The van der Waals surface area contributed by atoms with E-state index in [1.165, 1.54) is 12.3 Å². The zero-order valence-corrected chi connectivity index (χ0v) is 12.6. The van der Waals surface area contributed by atoms with Crippen molar-refractivity contribution in [1.82, 2.24) is 14.6 Å². The van der Waals surface area contributed by atoms with Gasteiger partial charge in [0.25, 0.3) is 5.91 Å². The Hall–Kier alpha value is -1.54. The minimum atomic E-state index is -3.23. The van der Waals surface area contributed by atoms with Gasteiger partial charge in [-0.05, 0) is 24.8 Å². The van der Waals surface area contributed by atoms with Crippen molar-refractivity contribution in [1.29, 1.82) is 0 Å². The first-order valence-corrected chi connectivity index (χ1v) is 8.60. The number of likely N-dealkylation sites (tertiary alicyclic amines) is 1. The van der Waals surface area contributed by atoms with Crippen molar-refractivity contribution in [3.63, 3.8) is 0 Å². The van der Waals surface area contributed by atoms with Gasteiger partial charge in [-0.15, -0.1) is 0 Å². The second-order valence-corrected chi connectivity index (χ2v) is 7.08. The van der Waals surface area contributed by atoms with Crippen LogP contribution in [-0.4, -0.2) is 50.1 Å². The highest BCUT2D eigenvalue weighted by Crippen LogP contribution is 2.18. The fourth-order valence-electron chi connectivity index (χ4n) is 2.40. The highest BCUT2D eigenvalue weighted by Gasteiger charge is 2.25. The molecule has 1 unspecified atom stereocenters. The van der Waals surface area contributed by atoms with Crippen LogP contribution in [0.4, 0.5) is 4.39 Å². The molecule has 2 rings (SSSR count). The average Bonchev–Trinajstić information content (AvgIpc) is 2.44. The molecule has 0 saturated carbocycles. The first kappa shape index (κ1) is 15.8. The van der Waals surface area contributed by atoms with Gasteiger partial charge in [0.15, 0.2) is 0 Å². The van der Waals surface area contributed by atoms with Crippen LogP contribution in [0.25, 0.3) is 0 Å². The van der Waals surface area contributed by atoms with Crippen LogP contribution in [0, 0.1) is 11.9 Å². The van der Waals surface area contributed by atoms with Crippen LogP contribution in [0.2, 0.25) is 0 Å². The fourth-order valence-corrected chi connectivity index (χ4v) is 2.94. The second-order valence-electron chi connectivity index (χ2n) is 5.25. The van der Waals surface area contributed by atoms with Crippen molar-refractivity contribution in [2.24, 2.45) is 5.92 Å². The lowest BCUT2D eigenvalue weighted by Gasteiger charge is -2.32. The van der Waals surface area contributed by atoms with Crippen LogP contribution < -0.4 is 4.72 Å². The first-order valence-electron chi connectivity index (χ1n) is 6.70. The van der Waals surface area contributed by atoms with Gasteiger partial charge in [0.1, 0.15) is 0 Å². The summed E-state index contributed by atoms with van der Waals surface area (Å²) in [6.07, 6.45) is 4.03. The van der Waals surface area contributed by atoms with Gasteiger partial charge in [-0.2, -0.15) is 4.39 Å². The van der Waals surface area contributed by atoms with E-state index >= 15 is 0 Å². The van der Waals surface area contributed by atoms with Gasteiger partial charge in [0.05, 0.1) is 6.26 Å². The number of pyridine rings is 1. The molecule has 1 aliphatic rings. The number of hydrogen-bond acceptors (Lipinski definition) is 4. The maximum atomic E-state index is 13.1. The largest absolute Gasteiger partial charge is 0.338 e. The molecule has 2 heterocycles. The van der Waals surface area contributed by atoms with Gasteiger partial charge >= 0.3 is 0 Å². The van der Waals surface area contributed by atoms with Crippen LogP contribution in [-0.2, 0) is 10.0 Å². The standard InChI is InChI=1S/C13H18FN3O3S/c1-21(19,20)16-8-10-3-2-6-17(9-10)13(18)11-4-5-15-12(14)7-11/h4-5,7,10,16H,2-3,6,8-9H2,1H3. The molecule has 0 bridgehead atoms. The van der Waals surface area contributed by atoms with Crippen LogP contribution >= 0.6 is 0 Å². The highest BCUT2D eigenvalue weighted by molar-refractivity contribution is 7.88. The Labute approximate surface area is 123 Å². The van der Waals surface area contributed by atoms with Gasteiger partial charge in [0, 0.05) is 37.5 Å². The summed E-state index contributed by atoms with van der Waals surface area (Å²) in [6, 6.07) is 2.59. The summed E-state index contributed by atoms with van der Waals surface area (Å²) in [5, 5.41) is 0. The Bertz CT molecular complexity index is 621.